The van der Waals surface area contributed by atoms with Crippen LogP contribution in [0.5, 0.6) is 0 Å². The first-order valence-corrected chi connectivity index (χ1v) is 17.0. The third kappa shape index (κ3) is 7.69. The van der Waals surface area contributed by atoms with Crippen LogP contribution in [0.25, 0.3) is 5.57 Å². The van der Waals surface area contributed by atoms with E-state index in [1.165, 1.54) is 35.3 Å². The molecule has 3 aromatic rings. The lowest BCUT2D eigenvalue weighted by molar-refractivity contribution is 0.0981. The molecule has 6 nitrogen and oxygen atoms in total. The standard InChI is InChI=1S/C35H42ClN3O3S/c1-25(2)26-9-15-32(16-10-26)43(41,42)37-34(40)28-7-13-31(14-8-28)39-21-19-38(20-22-39)24-29-23-35(3,4)18-17-33(29)27-5-11-30(36)12-6-27/h5-16,25H,17-24H2,1-4H3,(H,37,40). The smallest absolute Gasteiger partial charge is 0.264 e. The molecule has 1 saturated heterocycles. The molecule has 1 heterocycles. The van der Waals surface area contributed by atoms with Crippen molar-refractivity contribution in [2.75, 3.05) is 37.6 Å². The van der Waals surface area contributed by atoms with Gasteiger partial charge in [0.05, 0.1) is 4.90 Å². The second kappa shape index (κ2) is 12.8. The fraction of sp³-hybridized carbons (Fsp3) is 0.400. The Balaban J connectivity index is 1.19. The summed E-state index contributed by atoms with van der Waals surface area (Å²) in [4.78, 5) is 17.7. The Bertz CT molecular complexity index is 1570. The molecule has 1 amide bonds. The van der Waals surface area contributed by atoms with Gasteiger partial charge in [0.1, 0.15) is 0 Å². The van der Waals surface area contributed by atoms with Crippen molar-refractivity contribution in [3.05, 3.63) is 100 Å². The van der Waals surface area contributed by atoms with Crippen LogP contribution in [0.2, 0.25) is 5.02 Å². The Morgan fingerprint density at radius 2 is 1.53 bits per heavy atom. The highest BCUT2D eigenvalue weighted by Crippen LogP contribution is 2.42. The summed E-state index contributed by atoms with van der Waals surface area (Å²) in [6.07, 6.45) is 3.39. The van der Waals surface area contributed by atoms with Crippen LogP contribution >= 0.6 is 11.6 Å². The van der Waals surface area contributed by atoms with Crippen molar-refractivity contribution in [1.82, 2.24) is 9.62 Å². The highest BCUT2D eigenvalue weighted by atomic mass is 35.5. The zero-order chi connectivity index (χ0) is 30.8. The molecule has 43 heavy (non-hydrogen) atoms. The monoisotopic (exact) mass is 619 g/mol. The lowest BCUT2D eigenvalue weighted by Gasteiger charge is -2.39. The zero-order valence-corrected chi connectivity index (χ0v) is 27.1. The van der Waals surface area contributed by atoms with E-state index in [9.17, 15) is 13.2 Å². The highest BCUT2D eigenvalue weighted by Gasteiger charge is 2.29. The predicted octanol–water partition coefficient (Wildman–Crippen LogP) is 7.37. The van der Waals surface area contributed by atoms with E-state index < -0.39 is 15.9 Å². The number of halogens is 1. The Labute approximate surface area is 261 Å². The third-order valence-corrected chi connectivity index (χ3v) is 10.3. The van der Waals surface area contributed by atoms with Gasteiger partial charge in [0, 0.05) is 49.0 Å². The van der Waals surface area contributed by atoms with Gasteiger partial charge in [0.2, 0.25) is 0 Å². The minimum absolute atomic E-state index is 0.0765. The number of nitrogens with zero attached hydrogens (tertiary/aromatic N) is 2. The van der Waals surface area contributed by atoms with Gasteiger partial charge in [-0.05, 0) is 95.8 Å². The molecule has 2 aliphatic rings. The molecule has 0 spiro atoms. The number of amides is 1. The number of anilines is 1. The number of nitrogens with one attached hydrogen (secondary N) is 1. The van der Waals surface area contributed by atoms with Gasteiger partial charge in [-0.2, -0.15) is 0 Å². The van der Waals surface area contributed by atoms with Crippen LogP contribution in [0.1, 0.15) is 74.4 Å². The maximum Gasteiger partial charge on any atom is 0.264 e. The largest absolute Gasteiger partial charge is 0.369 e. The topological polar surface area (TPSA) is 69.7 Å². The lowest BCUT2D eigenvalue weighted by atomic mass is 9.73. The number of carbonyl (C=O) groups excluding carboxylic acids is 1. The van der Waals surface area contributed by atoms with E-state index in [0.29, 0.717) is 16.9 Å². The Morgan fingerprint density at radius 1 is 0.907 bits per heavy atom. The summed E-state index contributed by atoms with van der Waals surface area (Å²) in [6.45, 7) is 13.5. The average molecular weight is 620 g/mol. The quantitative estimate of drug-likeness (QED) is 0.285. The molecule has 0 saturated carbocycles. The number of carbonyl (C=O) groups is 1. The number of sulfonamides is 1. The second-order valence-electron chi connectivity index (χ2n) is 12.9. The van der Waals surface area contributed by atoms with Crippen molar-refractivity contribution in [2.24, 2.45) is 5.41 Å². The number of rotatable bonds is 8. The molecule has 1 fully saturated rings. The fourth-order valence-corrected chi connectivity index (χ4v) is 7.19. The molecular weight excluding hydrogens is 578 g/mol. The van der Waals surface area contributed by atoms with Crippen molar-refractivity contribution >= 4 is 38.8 Å². The molecule has 228 valence electrons. The molecule has 8 heteroatoms. The van der Waals surface area contributed by atoms with Gasteiger partial charge in [0.15, 0.2) is 0 Å². The maximum absolute atomic E-state index is 12.8. The Kier molecular flexibility index (Phi) is 9.35. The number of hydrogen-bond acceptors (Lipinski definition) is 5. The fourth-order valence-electron chi connectivity index (χ4n) is 6.09. The Hall–Kier alpha value is -3.13. The van der Waals surface area contributed by atoms with Crippen LogP contribution in [0.4, 0.5) is 5.69 Å². The van der Waals surface area contributed by atoms with E-state index in [4.69, 9.17) is 11.6 Å². The van der Waals surface area contributed by atoms with Gasteiger partial charge in [-0.1, -0.05) is 69.1 Å². The summed E-state index contributed by atoms with van der Waals surface area (Å²) in [5.41, 5.74) is 6.98. The average Bonchev–Trinajstić information content (AvgIpc) is 2.98. The van der Waals surface area contributed by atoms with Crippen molar-refractivity contribution in [2.45, 2.75) is 57.8 Å². The van der Waals surface area contributed by atoms with Gasteiger partial charge >= 0.3 is 0 Å². The van der Waals surface area contributed by atoms with Gasteiger partial charge < -0.3 is 4.90 Å². The first kappa shape index (κ1) is 31.3. The van der Waals surface area contributed by atoms with Gasteiger partial charge in [0.25, 0.3) is 15.9 Å². The predicted molar refractivity (Wildman–Crippen MR) is 176 cm³/mol. The summed E-state index contributed by atoms with van der Waals surface area (Å²) in [6, 6.07) is 22.1. The van der Waals surface area contributed by atoms with E-state index in [1.807, 2.05) is 38.1 Å². The van der Waals surface area contributed by atoms with Gasteiger partial charge in [-0.25, -0.2) is 13.1 Å². The number of piperazine rings is 1. The molecule has 0 unspecified atom stereocenters. The second-order valence-corrected chi connectivity index (χ2v) is 15.0. The molecule has 0 aromatic heterocycles. The molecule has 1 aliphatic heterocycles. The molecule has 5 rings (SSSR count). The minimum atomic E-state index is -3.96. The molecule has 0 bridgehead atoms. The van der Waals surface area contributed by atoms with Crippen molar-refractivity contribution in [3.8, 4) is 0 Å². The van der Waals surface area contributed by atoms with E-state index in [0.717, 1.165) is 61.8 Å². The third-order valence-electron chi connectivity index (χ3n) is 8.73. The van der Waals surface area contributed by atoms with Crippen LogP contribution in [0, 0.1) is 5.41 Å². The van der Waals surface area contributed by atoms with E-state index in [2.05, 4.69) is 40.5 Å². The van der Waals surface area contributed by atoms with Crippen molar-refractivity contribution in [3.63, 3.8) is 0 Å². The number of hydrogen-bond donors (Lipinski definition) is 1. The number of benzene rings is 3. The van der Waals surface area contributed by atoms with Crippen LogP contribution in [0.3, 0.4) is 0 Å². The van der Waals surface area contributed by atoms with Crippen LogP contribution in [-0.2, 0) is 10.0 Å². The SMILES string of the molecule is CC(C)c1ccc(S(=O)(=O)NC(=O)c2ccc(N3CCN(CC4=C(c5ccc(Cl)cc5)CCC(C)(C)C4)CC3)cc2)cc1. The summed E-state index contributed by atoms with van der Waals surface area (Å²) >= 11 is 6.16. The van der Waals surface area contributed by atoms with Crippen LogP contribution < -0.4 is 9.62 Å². The highest BCUT2D eigenvalue weighted by molar-refractivity contribution is 7.90. The zero-order valence-electron chi connectivity index (χ0n) is 25.6. The molecule has 0 atom stereocenters. The molecule has 0 radical (unpaired) electrons. The maximum atomic E-state index is 12.8. The van der Waals surface area contributed by atoms with Crippen LogP contribution in [0.15, 0.2) is 83.3 Å². The Morgan fingerprint density at radius 3 is 2.14 bits per heavy atom. The summed E-state index contributed by atoms with van der Waals surface area (Å²) in [7, 11) is -3.96. The van der Waals surface area contributed by atoms with E-state index in [-0.39, 0.29) is 4.90 Å². The summed E-state index contributed by atoms with van der Waals surface area (Å²) in [5.74, 6) is -0.341. The molecular formula is C35H42ClN3O3S. The van der Waals surface area contributed by atoms with Crippen molar-refractivity contribution < 1.29 is 13.2 Å². The molecule has 1 N–H and O–H groups in total. The minimum Gasteiger partial charge on any atom is -0.369 e. The van der Waals surface area contributed by atoms with E-state index >= 15 is 0 Å². The molecule has 1 aliphatic carbocycles. The summed E-state index contributed by atoms with van der Waals surface area (Å²) in [5, 5.41) is 0.768. The number of allylic oxidation sites excluding steroid dienone is 1. The lowest BCUT2D eigenvalue weighted by Crippen LogP contribution is -2.47. The van der Waals surface area contributed by atoms with Crippen LogP contribution in [-0.4, -0.2) is 51.9 Å². The summed E-state index contributed by atoms with van der Waals surface area (Å²) < 4.78 is 27.8. The first-order chi connectivity index (χ1) is 20.4. The van der Waals surface area contributed by atoms with Gasteiger partial charge in [-0.15, -0.1) is 0 Å². The van der Waals surface area contributed by atoms with Crippen molar-refractivity contribution in [1.29, 1.82) is 0 Å². The normalized spacial score (nSPS) is 17.8. The molecule has 3 aromatic carbocycles. The van der Waals surface area contributed by atoms with Gasteiger partial charge in [-0.3, -0.25) is 9.69 Å². The van der Waals surface area contributed by atoms with E-state index in [1.54, 1.807) is 24.3 Å². The first-order valence-electron chi connectivity index (χ1n) is 15.1.